The van der Waals surface area contributed by atoms with Crippen LogP contribution in [0.4, 0.5) is 5.95 Å². The number of aromatic nitrogens is 2. The van der Waals surface area contributed by atoms with E-state index in [1.165, 1.54) is 6.42 Å². The maximum atomic E-state index is 11.8. The van der Waals surface area contributed by atoms with E-state index in [1.807, 2.05) is 55.7 Å². The SMILES string of the molecule is COc1ccccc1[C@@]1(O)CCC[C@H]2CN(Cc3cnc(N(C)C)nc3)C[C@H]21. The molecule has 0 spiro atoms. The molecule has 1 saturated heterocycles. The van der Waals surface area contributed by atoms with Gasteiger partial charge < -0.3 is 14.7 Å². The van der Waals surface area contributed by atoms with Gasteiger partial charge in [-0.3, -0.25) is 4.90 Å². The number of methoxy groups -OCH3 is 1. The molecule has 2 fully saturated rings. The molecule has 6 nitrogen and oxygen atoms in total. The molecule has 1 aromatic heterocycles. The van der Waals surface area contributed by atoms with Crippen molar-refractivity contribution in [2.75, 3.05) is 39.2 Å². The van der Waals surface area contributed by atoms with Crippen LogP contribution in [0.5, 0.6) is 5.75 Å². The van der Waals surface area contributed by atoms with Crippen LogP contribution in [0.2, 0.25) is 0 Å². The van der Waals surface area contributed by atoms with E-state index < -0.39 is 5.60 Å². The molecule has 4 rings (SSSR count). The van der Waals surface area contributed by atoms with Crippen molar-refractivity contribution in [1.29, 1.82) is 0 Å². The average Bonchev–Trinajstić information content (AvgIpc) is 3.12. The van der Waals surface area contributed by atoms with Crippen LogP contribution in [0, 0.1) is 11.8 Å². The Morgan fingerprint density at radius 3 is 2.68 bits per heavy atom. The third kappa shape index (κ3) is 3.47. The van der Waals surface area contributed by atoms with Crippen molar-refractivity contribution >= 4 is 5.95 Å². The topological polar surface area (TPSA) is 61.7 Å². The number of aliphatic hydroxyl groups is 1. The Kier molecular flexibility index (Phi) is 5.25. The number of nitrogens with zero attached hydrogens (tertiary/aromatic N) is 4. The summed E-state index contributed by atoms with van der Waals surface area (Å²) in [7, 11) is 5.57. The second-order valence-corrected chi connectivity index (χ2v) is 8.36. The minimum absolute atomic E-state index is 0.222. The van der Waals surface area contributed by atoms with E-state index in [9.17, 15) is 5.11 Å². The molecule has 3 atom stereocenters. The van der Waals surface area contributed by atoms with Crippen molar-refractivity contribution in [2.24, 2.45) is 11.8 Å². The third-order valence-electron chi connectivity index (χ3n) is 6.33. The minimum atomic E-state index is -0.824. The largest absolute Gasteiger partial charge is 0.496 e. The number of hydrogen-bond acceptors (Lipinski definition) is 6. The molecule has 28 heavy (non-hydrogen) atoms. The van der Waals surface area contributed by atoms with Gasteiger partial charge in [0, 0.05) is 63.2 Å². The van der Waals surface area contributed by atoms with Crippen molar-refractivity contribution in [3.63, 3.8) is 0 Å². The summed E-state index contributed by atoms with van der Waals surface area (Å²) in [6.45, 7) is 2.72. The Morgan fingerprint density at radius 2 is 1.96 bits per heavy atom. The average molecular weight is 383 g/mol. The summed E-state index contributed by atoms with van der Waals surface area (Å²) in [5.74, 6) is 2.24. The van der Waals surface area contributed by atoms with Crippen molar-refractivity contribution in [3.8, 4) is 5.75 Å². The summed E-state index contributed by atoms with van der Waals surface area (Å²) in [6.07, 6.45) is 6.84. The Morgan fingerprint density at radius 1 is 1.21 bits per heavy atom. The van der Waals surface area contributed by atoms with Crippen molar-refractivity contribution in [2.45, 2.75) is 31.4 Å². The van der Waals surface area contributed by atoms with Gasteiger partial charge in [-0.2, -0.15) is 0 Å². The fourth-order valence-electron chi connectivity index (χ4n) is 5.00. The first-order chi connectivity index (χ1) is 13.5. The molecule has 2 heterocycles. The fraction of sp³-hybridized carbons (Fsp3) is 0.545. The summed E-state index contributed by atoms with van der Waals surface area (Å²) >= 11 is 0. The quantitative estimate of drug-likeness (QED) is 0.858. The van der Waals surface area contributed by atoms with Crippen LogP contribution < -0.4 is 9.64 Å². The predicted molar refractivity (Wildman–Crippen MR) is 109 cm³/mol. The molecule has 0 radical (unpaired) electrons. The standard InChI is InChI=1S/C22H30N4O2/c1-25(2)21-23-11-16(12-24-21)13-26-14-17-7-6-10-22(27,19(17)15-26)18-8-4-5-9-20(18)28-3/h4-5,8-9,11-12,17,19,27H,6-7,10,13-15H2,1-3H3/t17-,19+,22-/m0/s1. The highest BCUT2D eigenvalue weighted by Crippen LogP contribution is 2.50. The van der Waals surface area contributed by atoms with Crippen molar-refractivity contribution < 1.29 is 9.84 Å². The first-order valence-electron chi connectivity index (χ1n) is 10.1. The van der Waals surface area contributed by atoms with Gasteiger partial charge in [0.2, 0.25) is 5.95 Å². The lowest BCUT2D eigenvalue weighted by molar-refractivity contribution is -0.0662. The van der Waals surface area contributed by atoms with Crippen molar-refractivity contribution in [3.05, 3.63) is 47.8 Å². The molecule has 1 N–H and O–H groups in total. The Balaban J connectivity index is 1.53. The van der Waals surface area contributed by atoms with Gasteiger partial charge in [-0.15, -0.1) is 0 Å². The summed E-state index contributed by atoms with van der Waals surface area (Å²) in [5, 5.41) is 11.8. The number of anilines is 1. The number of fused-ring (bicyclic) bond motifs is 1. The van der Waals surface area contributed by atoms with Crippen LogP contribution in [-0.2, 0) is 12.1 Å². The molecule has 1 aliphatic heterocycles. The number of para-hydroxylation sites is 1. The molecule has 1 aliphatic carbocycles. The molecule has 0 unspecified atom stereocenters. The molecule has 1 aromatic carbocycles. The van der Waals surface area contributed by atoms with E-state index in [4.69, 9.17) is 4.74 Å². The molecule has 0 bridgehead atoms. The highest BCUT2D eigenvalue weighted by Gasteiger charge is 2.50. The molecule has 150 valence electrons. The Bertz CT molecular complexity index is 810. The van der Waals surface area contributed by atoms with Gasteiger partial charge in [-0.05, 0) is 31.2 Å². The van der Waals surface area contributed by atoms with Gasteiger partial charge in [-0.1, -0.05) is 18.2 Å². The van der Waals surface area contributed by atoms with E-state index in [2.05, 4.69) is 14.9 Å². The Labute approximate surface area is 167 Å². The molecule has 2 aromatic rings. The van der Waals surface area contributed by atoms with Gasteiger partial charge in [0.15, 0.2) is 0 Å². The van der Waals surface area contributed by atoms with Gasteiger partial charge in [-0.25, -0.2) is 9.97 Å². The maximum Gasteiger partial charge on any atom is 0.224 e. The van der Waals surface area contributed by atoms with Crippen LogP contribution in [-0.4, -0.2) is 54.3 Å². The fourth-order valence-corrected chi connectivity index (χ4v) is 5.00. The number of likely N-dealkylation sites (tertiary alicyclic amines) is 1. The van der Waals surface area contributed by atoms with Crippen LogP contribution in [0.15, 0.2) is 36.7 Å². The lowest BCUT2D eigenvalue weighted by Crippen LogP contribution is -2.43. The second-order valence-electron chi connectivity index (χ2n) is 8.36. The highest BCUT2D eigenvalue weighted by molar-refractivity contribution is 5.39. The number of hydrogen-bond donors (Lipinski definition) is 1. The molecule has 0 amide bonds. The minimum Gasteiger partial charge on any atom is -0.496 e. The number of benzene rings is 1. The Hall–Kier alpha value is -2.18. The zero-order valence-electron chi connectivity index (χ0n) is 17.0. The second kappa shape index (κ2) is 7.68. The van der Waals surface area contributed by atoms with Gasteiger partial charge >= 0.3 is 0 Å². The van der Waals surface area contributed by atoms with Crippen LogP contribution in [0.3, 0.4) is 0 Å². The summed E-state index contributed by atoms with van der Waals surface area (Å²) in [5.41, 5.74) is 1.23. The summed E-state index contributed by atoms with van der Waals surface area (Å²) < 4.78 is 5.57. The zero-order chi connectivity index (χ0) is 19.7. The number of ether oxygens (including phenoxy) is 1. The van der Waals surface area contributed by atoms with E-state index in [0.717, 1.165) is 55.3 Å². The van der Waals surface area contributed by atoms with Crippen LogP contribution >= 0.6 is 0 Å². The molecular formula is C22H30N4O2. The van der Waals surface area contributed by atoms with Gasteiger partial charge in [0.05, 0.1) is 12.7 Å². The molecule has 6 heteroatoms. The summed E-state index contributed by atoms with van der Waals surface area (Å²) in [6, 6.07) is 7.94. The molecular weight excluding hydrogens is 352 g/mol. The smallest absolute Gasteiger partial charge is 0.224 e. The maximum absolute atomic E-state index is 11.8. The van der Waals surface area contributed by atoms with Crippen LogP contribution in [0.1, 0.15) is 30.4 Å². The van der Waals surface area contributed by atoms with E-state index in [-0.39, 0.29) is 5.92 Å². The molecule has 2 aliphatic rings. The van der Waals surface area contributed by atoms with E-state index >= 15 is 0 Å². The van der Waals surface area contributed by atoms with Gasteiger partial charge in [0.1, 0.15) is 5.75 Å². The number of rotatable bonds is 5. The lowest BCUT2D eigenvalue weighted by atomic mass is 9.67. The van der Waals surface area contributed by atoms with Crippen molar-refractivity contribution in [1.82, 2.24) is 14.9 Å². The molecule has 1 saturated carbocycles. The third-order valence-corrected chi connectivity index (χ3v) is 6.33. The highest BCUT2D eigenvalue weighted by atomic mass is 16.5. The van der Waals surface area contributed by atoms with E-state index in [1.54, 1.807) is 7.11 Å². The van der Waals surface area contributed by atoms with E-state index in [0.29, 0.717) is 5.92 Å². The van der Waals surface area contributed by atoms with Crippen LogP contribution in [0.25, 0.3) is 0 Å². The summed E-state index contributed by atoms with van der Waals surface area (Å²) in [4.78, 5) is 13.2. The first-order valence-corrected chi connectivity index (χ1v) is 10.1. The predicted octanol–water partition coefficient (Wildman–Crippen LogP) is 2.67. The first kappa shape index (κ1) is 19.2. The zero-order valence-corrected chi connectivity index (χ0v) is 17.0. The lowest BCUT2D eigenvalue weighted by Gasteiger charge is -2.42. The normalized spacial score (nSPS) is 27.4. The monoisotopic (exact) mass is 382 g/mol. The van der Waals surface area contributed by atoms with Gasteiger partial charge in [0.25, 0.3) is 0 Å².